The second kappa shape index (κ2) is 7.03. The van der Waals surface area contributed by atoms with E-state index < -0.39 is 18.3 Å². The molecule has 1 saturated heterocycles. The van der Waals surface area contributed by atoms with Crippen molar-refractivity contribution in [1.82, 2.24) is 24.9 Å². The van der Waals surface area contributed by atoms with Gasteiger partial charge in [0.1, 0.15) is 17.7 Å². The monoisotopic (exact) mass is 378 g/mol. The van der Waals surface area contributed by atoms with E-state index in [0.29, 0.717) is 35.9 Å². The first-order valence-corrected chi connectivity index (χ1v) is 8.36. The Bertz CT molecular complexity index is 963. The van der Waals surface area contributed by atoms with Gasteiger partial charge in [-0.2, -0.15) is 5.10 Å². The summed E-state index contributed by atoms with van der Waals surface area (Å²) >= 11 is 0. The van der Waals surface area contributed by atoms with Crippen LogP contribution in [0.15, 0.2) is 30.5 Å². The first kappa shape index (κ1) is 17.5. The smallest absolute Gasteiger partial charge is 0.285 e. The molecule has 3 aromatic rings. The van der Waals surface area contributed by atoms with Gasteiger partial charge in [-0.1, -0.05) is 6.07 Å². The topological polar surface area (TPSA) is 76.4 Å². The first-order chi connectivity index (χ1) is 13.1. The van der Waals surface area contributed by atoms with E-state index in [2.05, 4.69) is 25.7 Å². The highest BCUT2D eigenvalue weighted by atomic mass is 19.3. The molecule has 0 saturated carbocycles. The van der Waals surface area contributed by atoms with Gasteiger partial charge in [0.25, 0.3) is 6.43 Å². The summed E-state index contributed by atoms with van der Waals surface area (Å²) in [6.07, 6.45) is -2.30. The number of alkyl halides is 3. The summed E-state index contributed by atoms with van der Waals surface area (Å²) in [5.41, 5.74) is 0.803. The van der Waals surface area contributed by atoms with Gasteiger partial charge in [0.2, 0.25) is 0 Å². The zero-order valence-corrected chi connectivity index (χ0v) is 14.4. The zero-order chi connectivity index (χ0) is 19.0. The fraction of sp³-hybridized carbons (Fsp3) is 0.353. The average molecular weight is 378 g/mol. The van der Waals surface area contributed by atoms with Crippen molar-refractivity contribution in [2.24, 2.45) is 0 Å². The second-order valence-electron chi connectivity index (χ2n) is 6.15. The normalized spacial score (nSPS) is 19.7. The Morgan fingerprint density at radius 2 is 2.19 bits per heavy atom. The van der Waals surface area contributed by atoms with E-state index in [0.717, 1.165) is 0 Å². The van der Waals surface area contributed by atoms with Crippen molar-refractivity contribution in [3.8, 4) is 17.1 Å². The summed E-state index contributed by atoms with van der Waals surface area (Å²) < 4.78 is 46.6. The Labute approximate surface area is 152 Å². The van der Waals surface area contributed by atoms with Crippen molar-refractivity contribution >= 4 is 11.5 Å². The average Bonchev–Trinajstić information content (AvgIpc) is 3.26. The highest BCUT2D eigenvalue weighted by Crippen LogP contribution is 2.29. The number of fused-ring (bicyclic) bond motifs is 1. The van der Waals surface area contributed by atoms with Crippen molar-refractivity contribution in [2.75, 3.05) is 25.5 Å². The van der Waals surface area contributed by atoms with E-state index >= 15 is 0 Å². The molecule has 0 aliphatic carbocycles. The zero-order valence-electron chi connectivity index (χ0n) is 14.4. The van der Waals surface area contributed by atoms with Gasteiger partial charge in [-0.25, -0.2) is 27.7 Å². The standard InChI is InChI=1S/C17H17F3N6O/c1-27-13-5-15-22-8-12(26(15)25-16(13)17(19)20)10-3-2-4-14(23-10)24-11-7-21-6-9(11)18/h2-5,8-9,11,17,21H,6-7H2,1H3,(H,23,24)/t9-,11-/m0/s1. The summed E-state index contributed by atoms with van der Waals surface area (Å²) in [4.78, 5) is 8.65. The summed E-state index contributed by atoms with van der Waals surface area (Å²) in [5.74, 6) is 0.460. The Balaban J connectivity index is 1.72. The van der Waals surface area contributed by atoms with E-state index in [1.165, 1.54) is 23.9 Å². The van der Waals surface area contributed by atoms with E-state index in [1.54, 1.807) is 18.2 Å². The lowest BCUT2D eigenvalue weighted by molar-refractivity contribution is 0.139. The molecule has 4 heterocycles. The van der Waals surface area contributed by atoms with Crippen LogP contribution < -0.4 is 15.4 Å². The molecule has 1 fully saturated rings. The number of hydrogen-bond acceptors (Lipinski definition) is 6. The summed E-state index contributed by atoms with van der Waals surface area (Å²) in [5, 5.41) is 9.99. The van der Waals surface area contributed by atoms with Gasteiger partial charge < -0.3 is 15.4 Å². The van der Waals surface area contributed by atoms with Gasteiger partial charge in [0.05, 0.1) is 25.0 Å². The predicted octanol–water partition coefficient (Wildman–Crippen LogP) is 2.46. The van der Waals surface area contributed by atoms with Crippen LogP contribution in [-0.2, 0) is 0 Å². The maximum absolute atomic E-state index is 13.8. The van der Waals surface area contributed by atoms with Crippen LogP contribution in [0.3, 0.4) is 0 Å². The van der Waals surface area contributed by atoms with Gasteiger partial charge in [-0.3, -0.25) is 0 Å². The molecule has 1 aliphatic heterocycles. The molecule has 142 valence electrons. The fourth-order valence-corrected chi connectivity index (χ4v) is 3.04. The maximum Gasteiger partial charge on any atom is 0.285 e. The van der Waals surface area contributed by atoms with Crippen LogP contribution in [0.25, 0.3) is 17.0 Å². The Hall–Kier alpha value is -2.88. The molecule has 4 rings (SSSR count). The number of aromatic nitrogens is 4. The lowest BCUT2D eigenvalue weighted by Gasteiger charge is -2.15. The Morgan fingerprint density at radius 3 is 2.89 bits per heavy atom. The molecule has 3 aromatic heterocycles. The van der Waals surface area contributed by atoms with Crippen LogP contribution in [0.5, 0.6) is 5.75 Å². The minimum Gasteiger partial charge on any atom is -0.494 e. The summed E-state index contributed by atoms with van der Waals surface area (Å²) in [6, 6.07) is 6.21. The highest BCUT2D eigenvalue weighted by molar-refractivity contribution is 5.62. The number of nitrogens with one attached hydrogen (secondary N) is 2. The number of nitrogens with zero attached hydrogens (tertiary/aromatic N) is 4. The van der Waals surface area contributed by atoms with Crippen LogP contribution in [0.2, 0.25) is 0 Å². The molecule has 0 bridgehead atoms. The third-order valence-electron chi connectivity index (χ3n) is 4.40. The summed E-state index contributed by atoms with van der Waals surface area (Å²) in [7, 11) is 1.30. The second-order valence-corrected chi connectivity index (χ2v) is 6.15. The van der Waals surface area contributed by atoms with Gasteiger partial charge in [-0.05, 0) is 12.1 Å². The molecular formula is C17H17F3N6O. The summed E-state index contributed by atoms with van der Waals surface area (Å²) in [6.45, 7) is 0.800. The van der Waals surface area contributed by atoms with Gasteiger partial charge >= 0.3 is 0 Å². The van der Waals surface area contributed by atoms with Crippen molar-refractivity contribution in [2.45, 2.75) is 18.6 Å². The van der Waals surface area contributed by atoms with Crippen LogP contribution in [0.1, 0.15) is 12.1 Å². The number of halogens is 3. The number of anilines is 1. The number of imidazole rings is 1. The molecule has 1 aliphatic rings. The molecule has 0 radical (unpaired) electrons. The molecule has 27 heavy (non-hydrogen) atoms. The Kier molecular flexibility index (Phi) is 4.56. The van der Waals surface area contributed by atoms with Gasteiger partial charge in [-0.15, -0.1) is 0 Å². The molecule has 10 heteroatoms. The number of hydrogen-bond donors (Lipinski definition) is 2. The third-order valence-corrected chi connectivity index (χ3v) is 4.40. The molecule has 0 unspecified atom stereocenters. The SMILES string of the molecule is COc1cc2ncc(-c3cccc(N[C@H]4CNC[C@@H]4F)n3)n2nc1C(F)F. The van der Waals surface area contributed by atoms with Crippen LogP contribution in [0, 0.1) is 0 Å². The lowest BCUT2D eigenvalue weighted by atomic mass is 10.2. The quantitative estimate of drug-likeness (QED) is 0.710. The number of rotatable bonds is 5. The van der Waals surface area contributed by atoms with Crippen molar-refractivity contribution in [3.05, 3.63) is 36.2 Å². The largest absolute Gasteiger partial charge is 0.494 e. The number of ether oxygens (including phenoxy) is 1. The van der Waals surface area contributed by atoms with Gasteiger partial charge in [0.15, 0.2) is 17.1 Å². The minimum atomic E-state index is -2.79. The lowest BCUT2D eigenvalue weighted by Crippen LogP contribution is -2.29. The van der Waals surface area contributed by atoms with Crippen LogP contribution in [-0.4, -0.2) is 52.0 Å². The molecule has 2 N–H and O–H groups in total. The number of pyridine rings is 1. The molecule has 2 atom stereocenters. The molecule has 0 spiro atoms. The maximum atomic E-state index is 13.8. The number of methoxy groups -OCH3 is 1. The van der Waals surface area contributed by atoms with E-state index in [-0.39, 0.29) is 11.8 Å². The van der Waals surface area contributed by atoms with Crippen LogP contribution in [0.4, 0.5) is 19.0 Å². The highest BCUT2D eigenvalue weighted by Gasteiger charge is 2.27. The van der Waals surface area contributed by atoms with Crippen molar-refractivity contribution < 1.29 is 17.9 Å². The van der Waals surface area contributed by atoms with Crippen molar-refractivity contribution in [3.63, 3.8) is 0 Å². The minimum absolute atomic E-state index is 0.0271. The molecule has 0 aromatic carbocycles. The third kappa shape index (κ3) is 3.27. The molecule has 0 amide bonds. The molecule has 7 nitrogen and oxygen atoms in total. The van der Waals surface area contributed by atoms with E-state index in [4.69, 9.17) is 4.74 Å². The molecular weight excluding hydrogens is 361 g/mol. The van der Waals surface area contributed by atoms with Crippen LogP contribution >= 0.6 is 0 Å². The van der Waals surface area contributed by atoms with E-state index in [1.807, 2.05) is 0 Å². The van der Waals surface area contributed by atoms with Gasteiger partial charge in [0, 0.05) is 19.2 Å². The predicted molar refractivity (Wildman–Crippen MR) is 92.9 cm³/mol. The first-order valence-electron chi connectivity index (χ1n) is 8.36. The van der Waals surface area contributed by atoms with E-state index in [9.17, 15) is 13.2 Å². The fourth-order valence-electron chi connectivity index (χ4n) is 3.04. The van der Waals surface area contributed by atoms with Crippen molar-refractivity contribution in [1.29, 1.82) is 0 Å². The Morgan fingerprint density at radius 1 is 1.33 bits per heavy atom.